The molecule has 0 bridgehead atoms. The van der Waals surface area contributed by atoms with E-state index in [1.165, 1.54) is 0 Å². The molecule has 10 heteroatoms. The summed E-state index contributed by atoms with van der Waals surface area (Å²) in [6.07, 6.45) is 0.655. The maximum atomic E-state index is 11.5. The Morgan fingerprint density at radius 3 is 1.32 bits per heavy atom. The summed E-state index contributed by atoms with van der Waals surface area (Å²) in [5.74, 6) is -1.37. The Labute approximate surface area is 135 Å². The molecule has 0 aliphatic carbocycles. The lowest BCUT2D eigenvalue weighted by atomic mass is 10.3. The molecule has 0 radical (unpaired) electrons. The van der Waals surface area contributed by atoms with Crippen molar-refractivity contribution >= 4 is 31.0 Å². The van der Waals surface area contributed by atoms with E-state index in [4.69, 9.17) is 28.4 Å². The molecular formula is C12H26O8Si2. The molecule has 0 aromatic heterocycles. The highest BCUT2D eigenvalue weighted by molar-refractivity contribution is 6.36. The molecule has 0 N–H and O–H groups in total. The Bertz CT molecular complexity index is 278. The van der Waals surface area contributed by atoms with Crippen molar-refractivity contribution < 1.29 is 38.0 Å². The second-order valence-corrected chi connectivity index (χ2v) is 7.62. The molecule has 0 aromatic rings. The number of carbonyl (C=O) groups is 2. The van der Waals surface area contributed by atoms with Crippen LogP contribution in [0.3, 0.4) is 0 Å². The van der Waals surface area contributed by atoms with Gasteiger partial charge in [0.05, 0.1) is 25.3 Å². The van der Waals surface area contributed by atoms with Gasteiger partial charge in [0, 0.05) is 28.4 Å². The molecule has 0 aliphatic rings. The predicted octanol–water partition coefficient (Wildman–Crippen LogP) is -1.74. The Morgan fingerprint density at radius 2 is 1.05 bits per heavy atom. The van der Waals surface area contributed by atoms with Gasteiger partial charge in [-0.2, -0.15) is 0 Å². The zero-order valence-corrected chi connectivity index (χ0v) is 16.5. The number of ether oxygens (including phenoxy) is 6. The van der Waals surface area contributed by atoms with E-state index in [1.807, 2.05) is 0 Å². The van der Waals surface area contributed by atoms with E-state index in [1.54, 1.807) is 28.4 Å². The van der Waals surface area contributed by atoms with Crippen molar-refractivity contribution in [3.63, 3.8) is 0 Å². The van der Waals surface area contributed by atoms with Gasteiger partial charge in [0.1, 0.15) is 30.9 Å². The van der Waals surface area contributed by atoms with Crippen molar-refractivity contribution in [2.24, 2.45) is 0 Å². The fraction of sp³-hybridized carbons (Fsp3) is 0.833. The third-order valence-corrected chi connectivity index (χ3v) is 5.97. The molecule has 0 atom stereocenters. The molecule has 22 heavy (non-hydrogen) atoms. The normalized spacial score (nSPS) is 12.1. The molecule has 0 unspecified atom stereocenters. The number of esters is 2. The van der Waals surface area contributed by atoms with Gasteiger partial charge in [-0.1, -0.05) is 0 Å². The van der Waals surface area contributed by atoms with Gasteiger partial charge in [0.15, 0.2) is 0 Å². The maximum Gasteiger partial charge on any atom is 0.306 e. The standard InChI is InChI=1S/C12H26O8Si2/c1-15-11(16-2)21-7-19-9(13)5-6-10(14)20-8-22-12(17-3)18-4/h11-12H,5-8,21-22H2,1-4H3. The van der Waals surface area contributed by atoms with Crippen LogP contribution in [-0.4, -0.2) is 83.7 Å². The van der Waals surface area contributed by atoms with Gasteiger partial charge < -0.3 is 28.4 Å². The molecule has 0 saturated carbocycles. The van der Waals surface area contributed by atoms with E-state index in [2.05, 4.69) is 0 Å². The number of hydrogen-bond donors (Lipinski definition) is 0. The summed E-state index contributed by atoms with van der Waals surface area (Å²) in [5, 5.41) is 0. The third-order valence-electron chi connectivity index (χ3n) is 2.82. The van der Waals surface area contributed by atoms with Crippen LogP contribution in [0.25, 0.3) is 0 Å². The zero-order valence-electron chi connectivity index (χ0n) is 13.7. The fourth-order valence-electron chi connectivity index (χ4n) is 1.55. The largest absolute Gasteiger partial charge is 0.470 e. The highest BCUT2D eigenvalue weighted by Gasteiger charge is 2.13. The lowest BCUT2D eigenvalue weighted by Gasteiger charge is -2.13. The van der Waals surface area contributed by atoms with E-state index in [0.717, 1.165) is 0 Å². The van der Waals surface area contributed by atoms with Crippen LogP contribution in [-0.2, 0) is 38.0 Å². The number of hydrogen-bond acceptors (Lipinski definition) is 8. The average Bonchev–Trinajstić information content (AvgIpc) is 2.53. The molecule has 0 rings (SSSR count). The van der Waals surface area contributed by atoms with E-state index in [-0.39, 0.29) is 24.7 Å². The molecule has 0 saturated heterocycles. The summed E-state index contributed by atoms with van der Waals surface area (Å²) in [6, 6.07) is 0. The van der Waals surface area contributed by atoms with Gasteiger partial charge in [-0.25, -0.2) is 0 Å². The fourth-order valence-corrected chi connectivity index (χ4v) is 3.57. The van der Waals surface area contributed by atoms with Crippen molar-refractivity contribution in [1.82, 2.24) is 0 Å². The predicted molar refractivity (Wildman–Crippen MR) is 83.9 cm³/mol. The van der Waals surface area contributed by atoms with E-state index >= 15 is 0 Å². The topological polar surface area (TPSA) is 89.5 Å². The first kappa shape index (κ1) is 21.2. The Balaban J connectivity index is 3.66. The van der Waals surface area contributed by atoms with Crippen LogP contribution in [0.2, 0.25) is 0 Å². The molecule has 0 amide bonds. The lowest BCUT2D eigenvalue weighted by molar-refractivity contribution is -0.148. The van der Waals surface area contributed by atoms with E-state index in [9.17, 15) is 9.59 Å². The summed E-state index contributed by atoms with van der Waals surface area (Å²) in [5.41, 5.74) is 0. The van der Waals surface area contributed by atoms with Crippen LogP contribution < -0.4 is 0 Å². The van der Waals surface area contributed by atoms with Crippen LogP contribution in [0, 0.1) is 0 Å². The monoisotopic (exact) mass is 354 g/mol. The number of carbonyl (C=O) groups excluding carboxylic acids is 2. The Morgan fingerprint density at radius 1 is 0.727 bits per heavy atom. The van der Waals surface area contributed by atoms with Crippen LogP contribution in [0.4, 0.5) is 0 Å². The van der Waals surface area contributed by atoms with Crippen molar-refractivity contribution in [3.05, 3.63) is 0 Å². The zero-order chi connectivity index (χ0) is 16.8. The minimum Gasteiger partial charge on any atom is -0.470 e. The molecule has 0 spiro atoms. The number of rotatable bonds is 13. The van der Waals surface area contributed by atoms with Gasteiger partial charge in [0.2, 0.25) is 0 Å². The highest BCUT2D eigenvalue weighted by Crippen LogP contribution is 1.97. The summed E-state index contributed by atoms with van der Waals surface area (Å²) < 4.78 is 30.1. The second-order valence-electron chi connectivity index (χ2n) is 4.32. The Kier molecular flexibility index (Phi) is 13.4. The minimum absolute atomic E-state index is 0.0113. The average molecular weight is 355 g/mol. The van der Waals surface area contributed by atoms with Gasteiger partial charge >= 0.3 is 11.9 Å². The first-order valence-corrected chi connectivity index (χ1v) is 10.6. The summed E-state index contributed by atoms with van der Waals surface area (Å²) >= 11 is 0. The van der Waals surface area contributed by atoms with Crippen LogP contribution in [0.5, 0.6) is 0 Å². The molecule has 0 heterocycles. The smallest absolute Gasteiger partial charge is 0.306 e. The van der Waals surface area contributed by atoms with Crippen molar-refractivity contribution in [2.45, 2.75) is 24.7 Å². The van der Waals surface area contributed by atoms with Gasteiger partial charge in [0.25, 0.3) is 0 Å². The maximum absolute atomic E-state index is 11.5. The molecule has 0 aromatic carbocycles. The van der Waals surface area contributed by atoms with Gasteiger partial charge in [-0.15, -0.1) is 0 Å². The van der Waals surface area contributed by atoms with E-state index < -0.39 is 31.0 Å². The second kappa shape index (κ2) is 13.8. The first-order valence-electron chi connectivity index (χ1n) is 6.99. The third kappa shape index (κ3) is 10.9. The Hall–Kier alpha value is -0.786. The van der Waals surface area contributed by atoms with Crippen LogP contribution in [0.15, 0.2) is 0 Å². The molecule has 0 fully saturated rings. The molecular weight excluding hydrogens is 328 g/mol. The molecule has 8 nitrogen and oxygen atoms in total. The summed E-state index contributed by atoms with van der Waals surface area (Å²) in [4.78, 5) is 22.9. The molecule has 0 aliphatic heterocycles. The minimum atomic E-state index is -0.808. The van der Waals surface area contributed by atoms with Crippen LogP contribution in [0.1, 0.15) is 12.8 Å². The summed E-state index contributed by atoms with van der Waals surface area (Å²) in [7, 11) is 4.55. The summed E-state index contributed by atoms with van der Waals surface area (Å²) in [6.45, 7) is 0. The van der Waals surface area contributed by atoms with Gasteiger partial charge in [-0.3, -0.25) is 9.59 Å². The van der Waals surface area contributed by atoms with Crippen molar-refractivity contribution in [3.8, 4) is 0 Å². The first-order chi connectivity index (χ1) is 10.6. The van der Waals surface area contributed by atoms with Crippen molar-refractivity contribution in [1.29, 1.82) is 0 Å². The highest BCUT2D eigenvalue weighted by atomic mass is 28.2. The van der Waals surface area contributed by atoms with Gasteiger partial charge in [-0.05, 0) is 0 Å². The quantitative estimate of drug-likeness (QED) is 0.219. The van der Waals surface area contributed by atoms with Crippen molar-refractivity contribution in [2.75, 3.05) is 40.9 Å². The van der Waals surface area contributed by atoms with E-state index in [0.29, 0.717) is 12.5 Å². The lowest BCUT2D eigenvalue weighted by Crippen LogP contribution is -2.27. The SMILES string of the molecule is COC(OC)[SiH2]COC(=O)CCC(=O)OC[SiH2]C(OC)OC. The van der Waals surface area contributed by atoms with Crippen LogP contribution >= 0.6 is 0 Å². The molecule has 130 valence electrons. The number of methoxy groups -OCH3 is 4.